The Labute approximate surface area is 185 Å². The summed E-state index contributed by atoms with van der Waals surface area (Å²) in [4.78, 5) is 26.3. The highest BCUT2D eigenvalue weighted by Crippen LogP contribution is 2.24. The smallest absolute Gasteiger partial charge is 0.268 e. The maximum atomic E-state index is 12.7. The van der Waals surface area contributed by atoms with Gasteiger partial charge in [-0.25, -0.2) is 9.97 Å². The van der Waals surface area contributed by atoms with Crippen LogP contribution in [0.3, 0.4) is 0 Å². The minimum Gasteiger partial charge on any atom is -0.394 e. The molecule has 2 heterocycles. The van der Waals surface area contributed by atoms with Crippen molar-refractivity contribution in [2.75, 3.05) is 24.8 Å². The van der Waals surface area contributed by atoms with Gasteiger partial charge in [-0.15, -0.1) is 0 Å². The summed E-state index contributed by atoms with van der Waals surface area (Å²) in [7, 11) is 0. The van der Waals surface area contributed by atoms with Gasteiger partial charge in [-0.2, -0.15) is 0 Å². The van der Waals surface area contributed by atoms with Gasteiger partial charge in [0.05, 0.1) is 18.3 Å². The van der Waals surface area contributed by atoms with Crippen molar-refractivity contribution in [3.63, 3.8) is 0 Å². The molecule has 3 aromatic rings. The van der Waals surface area contributed by atoms with E-state index in [1.165, 1.54) is 0 Å². The molecular formula is C22H26ClN5O3. The van der Waals surface area contributed by atoms with Gasteiger partial charge in [0.25, 0.3) is 5.91 Å². The van der Waals surface area contributed by atoms with Crippen LogP contribution in [0.2, 0.25) is 5.02 Å². The molecule has 8 nitrogen and oxygen atoms in total. The van der Waals surface area contributed by atoms with Crippen molar-refractivity contribution in [2.45, 2.75) is 26.3 Å². The van der Waals surface area contributed by atoms with E-state index < -0.39 is 6.04 Å². The van der Waals surface area contributed by atoms with Gasteiger partial charge in [0.1, 0.15) is 12.4 Å². The second-order valence-corrected chi connectivity index (χ2v) is 7.61. The van der Waals surface area contributed by atoms with Crippen LogP contribution in [-0.4, -0.2) is 51.0 Å². The number of aliphatic hydroxyl groups excluding tert-OH is 2. The summed E-state index contributed by atoms with van der Waals surface area (Å²) < 4.78 is 0. The largest absolute Gasteiger partial charge is 0.394 e. The molecule has 0 spiro atoms. The Morgan fingerprint density at radius 2 is 2.13 bits per heavy atom. The summed E-state index contributed by atoms with van der Waals surface area (Å²) in [6.07, 6.45) is 4.24. The Hall–Kier alpha value is -2.94. The van der Waals surface area contributed by atoms with Crippen molar-refractivity contribution < 1.29 is 15.0 Å². The lowest BCUT2D eigenvalue weighted by Gasteiger charge is -2.19. The highest BCUT2D eigenvalue weighted by molar-refractivity contribution is 6.30. The van der Waals surface area contributed by atoms with E-state index in [1.807, 2.05) is 13.8 Å². The molecule has 164 valence electrons. The SMILES string of the molecule is CCCN(CO)c1ncc(C)c(-c2c[nH]c(C(=O)N[C@H](CO)c3cccc(Cl)c3)c2)n1. The van der Waals surface area contributed by atoms with Crippen molar-refractivity contribution in [3.8, 4) is 11.3 Å². The average molecular weight is 444 g/mol. The molecule has 0 aliphatic carbocycles. The number of carbonyl (C=O) groups excluding carboxylic acids is 1. The molecule has 0 aliphatic rings. The molecule has 0 saturated heterocycles. The normalized spacial score (nSPS) is 11.9. The molecule has 0 radical (unpaired) electrons. The molecule has 2 aromatic heterocycles. The highest BCUT2D eigenvalue weighted by Gasteiger charge is 2.18. The van der Waals surface area contributed by atoms with Crippen LogP contribution in [0.1, 0.15) is 41.0 Å². The van der Waals surface area contributed by atoms with E-state index in [0.29, 0.717) is 34.5 Å². The Balaban J connectivity index is 1.81. The zero-order chi connectivity index (χ0) is 22.4. The Kier molecular flexibility index (Phi) is 7.62. The molecule has 9 heteroatoms. The third-order valence-corrected chi connectivity index (χ3v) is 5.08. The van der Waals surface area contributed by atoms with E-state index >= 15 is 0 Å². The maximum Gasteiger partial charge on any atom is 0.268 e. The number of rotatable bonds is 9. The number of nitrogens with one attached hydrogen (secondary N) is 2. The van der Waals surface area contributed by atoms with Gasteiger partial charge >= 0.3 is 0 Å². The van der Waals surface area contributed by atoms with Crippen LogP contribution in [0, 0.1) is 6.92 Å². The summed E-state index contributed by atoms with van der Waals surface area (Å²) in [6.45, 7) is 4.09. The van der Waals surface area contributed by atoms with Gasteiger partial charge in [0, 0.05) is 29.5 Å². The van der Waals surface area contributed by atoms with E-state index in [-0.39, 0.29) is 19.2 Å². The lowest BCUT2D eigenvalue weighted by atomic mass is 10.1. The molecule has 1 amide bonds. The third kappa shape index (κ3) is 5.41. The molecule has 1 atom stereocenters. The molecule has 0 saturated carbocycles. The topological polar surface area (TPSA) is 114 Å². The number of halogens is 1. The predicted molar refractivity (Wildman–Crippen MR) is 120 cm³/mol. The summed E-state index contributed by atoms with van der Waals surface area (Å²) >= 11 is 6.02. The first kappa shape index (κ1) is 22.7. The molecule has 3 rings (SSSR count). The Morgan fingerprint density at radius 3 is 2.81 bits per heavy atom. The fourth-order valence-corrected chi connectivity index (χ4v) is 3.44. The summed E-state index contributed by atoms with van der Waals surface area (Å²) in [5, 5.41) is 22.7. The maximum absolute atomic E-state index is 12.7. The Morgan fingerprint density at radius 1 is 1.32 bits per heavy atom. The van der Waals surface area contributed by atoms with Gasteiger partial charge in [-0.05, 0) is 42.7 Å². The van der Waals surface area contributed by atoms with Crippen LogP contribution in [0.25, 0.3) is 11.3 Å². The average Bonchev–Trinajstić information content (AvgIpc) is 3.26. The number of carbonyl (C=O) groups is 1. The van der Waals surface area contributed by atoms with E-state index in [9.17, 15) is 15.0 Å². The molecule has 0 unspecified atom stereocenters. The number of aliphatic hydroxyl groups is 2. The monoisotopic (exact) mass is 443 g/mol. The standard InChI is InChI=1S/C22H26ClN5O3/c1-3-7-28(13-30)22-25-10-14(2)20(27-22)16-9-18(24-11-16)21(31)26-19(12-29)15-5-4-6-17(23)8-15/h4-6,8-11,19,24,29-30H,3,7,12-13H2,1-2H3,(H,26,31)/t19-/m1/s1. The summed E-state index contributed by atoms with van der Waals surface area (Å²) in [5.74, 6) is 0.0682. The van der Waals surface area contributed by atoms with Crippen LogP contribution in [0.5, 0.6) is 0 Å². The van der Waals surface area contributed by atoms with Gasteiger partial charge < -0.3 is 25.4 Å². The first-order valence-corrected chi connectivity index (χ1v) is 10.4. The van der Waals surface area contributed by atoms with Gasteiger partial charge in [-0.3, -0.25) is 4.79 Å². The van der Waals surface area contributed by atoms with Crippen LogP contribution in [0.4, 0.5) is 5.95 Å². The number of aryl methyl sites for hydroxylation is 1. The molecule has 0 bridgehead atoms. The summed E-state index contributed by atoms with van der Waals surface area (Å²) in [6, 6.07) is 8.11. The van der Waals surface area contributed by atoms with Gasteiger partial charge in [0.2, 0.25) is 5.95 Å². The van der Waals surface area contributed by atoms with E-state index in [2.05, 4.69) is 20.3 Å². The second-order valence-electron chi connectivity index (χ2n) is 7.17. The number of aromatic amines is 1. The Bertz CT molecular complexity index is 1040. The van der Waals surface area contributed by atoms with Crippen LogP contribution in [0.15, 0.2) is 42.7 Å². The van der Waals surface area contributed by atoms with Crippen molar-refractivity contribution in [1.82, 2.24) is 20.3 Å². The van der Waals surface area contributed by atoms with E-state index in [1.54, 1.807) is 47.6 Å². The number of H-pyrrole nitrogens is 1. The number of hydrogen-bond donors (Lipinski definition) is 4. The number of amides is 1. The first-order chi connectivity index (χ1) is 15.0. The summed E-state index contributed by atoms with van der Waals surface area (Å²) in [5.41, 5.74) is 3.29. The number of aromatic nitrogens is 3. The third-order valence-electron chi connectivity index (χ3n) is 4.85. The lowest BCUT2D eigenvalue weighted by molar-refractivity contribution is 0.0911. The minimum absolute atomic E-state index is 0.177. The quantitative estimate of drug-likeness (QED) is 0.378. The molecular weight excluding hydrogens is 418 g/mol. The highest BCUT2D eigenvalue weighted by atomic mass is 35.5. The molecule has 31 heavy (non-hydrogen) atoms. The van der Waals surface area contributed by atoms with E-state index in [4.69, 9.17) is 11.6 Å². The number of anilines is 1. The second kappa shape index (κ2) is 10.4. The molecule has 0 aliphatic heterocycles. The lowest BCUT2D eigenvalue weighted by Crippen LogP contribution is -2.31. The number of nitrogens with zero attached hydrogens (tertiary/aromatic N) is 3. The van der Waals surface area contributed by atoms with Crippen molar-refractivity contribution >= 4 is 23.5 Å². The number of benzene rings is 1. The fraction of sp³-hybridized carbons (Fsp3) is 0.318. The van der Waals surface area contributed by atoms with Crippen LogP contribution >= 0.6 is 11.6 Å². The zero-order valence-electron chi connectivity index (χ0n) is 17.5. The van der Waals surface area contributed by atoms with Gasteiger partial charge in [0.15, 0.2) is 0 Å². The van der Waals surface area contributed by atoms with Crippen molar-refractivity contribution in [2.24, 2.45) is 0 Å². The van der Waals surface area contributed by atoms with Crippen molar-refractivity contribution in [3.05, 3.63) is 64.6 Å². The van der Waals surface area contributed by atoms with Crippen molar-refractivity contribution in [1.29, 1.82) is 0 Å². The zero-order valence-corrected chi connectivity index (χ0v) is 18.2. The molecule has 0 fully saturated rings. The predicted octanol–water partition coefficient (Wildman–Crippen LogP) is 3.06. The minimum atomic E-state index is -0.586. The fourth-order valence-electron chi connectivity index (χ4n) is 3.24. The van der Waals surface area contributed by atoms with Crippen LogP contribution in [-0.2, 0) is 0 Å². The molecule has 1 aromatic carbocycles. The van der Waals surface area contributed by atoms with Crippen LogP contribution < -0.4 is 10.2 Å². The number of hydrogen-bond acceptors (Lipinski definition) is 6. The molecule has 4 N–H and O–H groups in total. The van der Waals surface area contributed by atoms with Gasteiger partial charge in [-0.1, -0.05) is 30.7 Å². The van der Waals surface area contributed by atoms with E-state index in [0.717, 1.165) is 17.5 Å². The first-order valence-electron chi connectivity index (χ1n) is 10.0.